The molecule has 0 radical (unpaired) electrons. The second-order valence-corrected chi connectivity index (χ2v) is 4.03. The van der Waals surface area contributed by atoms with Gasteiger partial charge in [0.05, 0.1) is 0 Å². The number of amides is 2. The van der Waals surface area contributed by atoms with E-state index >= 15 is 0 Å². The summed E-state index contributed by atoms with van der Waals surface area (Å²) in [6, 6.07) is 6.71. The summed E-state index contributed by atoms with van der Waals surface area (Å²) in [5, 5.41) is 0. The van der Waals surface area contributed by atoms with Crippen LogP contribution in [0.5, 0.6) is 0 Å². The number of hydrogen-bond acceptors (Lipinski definition) is 3. The molecule has 6 heteroatoms. The van der Waals surface area contributed by atoms with Gasteiger partial charge in [0.25, 0.3) is 5.91 Å². The first kappa shape index (κ1) is 12.9. The van der Waals surface area contributed by atoms with Crippen LogP contribution in [0.2, 0.25) is 0 Å². The van der Waals surface area contributed by atoms with E-state index in [0.29, 0.717) is 12.1 Å². The van der Waals surface area contributed by atoms with E-state index in [4.69, 9.17) is 4.42 Å². The van der Waals surface area contributed by atoms with E-state index in [9.17, 15) is 9.59 Å². The van der Waals surface area contributed by atoms with Gasteiger partial charge in [0.1, 0.15) is 11.5 Å². The molecule has 100 valence electrons. The molecule has 0 bridgehead atoms. The Morgan fingerprint density at radius 2 is 1.95 bits per heavy atom. The fourth-order valence-electron chi connectivity index (χ4n) is 1.63. The largest absolute Gasteiger partial charge is 0.456 e. The molecule has 2 heterocycles. The van der Waals surface area contributed by atoms with E-state index in [1.807, 2.05) is 6.92 Å². The number of nitrogens with one attached hydrogen (secondary N) is 2. The van der Waals surface area contributed by atoms with E-state index in [1.165, 1.54) is 0 Å². The Labute approximate surface area is 110 Å². The molecule has 0 unspecified atom stereocenters. The minimum atomic E-state index is -0.484. The minimum Gasteiger partial charge on any atom is -0.456 e. The predicted molar refractivity (Wildman–Crippen MR) is 68.4 cm³/mol. The molecule has 0 spiro atoms. The Balaban J connectivity index is 1.94. The lowest BCUT2D eigenvalue weighted by Gasteiger charge is -2.06. The first-order valence-electron chi connectivity index (χ1n) is 5.92. The van der Waals surface area contributed by atoms with E-state index in [0.717, 1.165) is 5.76 Å². The van der Waals surface area contributed by atoms with Gasteiger partial charge in [0.2, 0.25) is 0 Å². The second kappa shape index (κ2) is 5.43. The third-order valence-corrected chi connectivity index (χ3v) is 2.70. The van der Waals surface area contributed by atoms with Gasteiger partial charge in [-0.15, -0.1) is 0 Å². The fraction of sp³-hybridized carbons (Fsp3) is 0.231. The van der Waals surface area contributed by atoms with Crippen LogP contribution >= 0.6 is 0 Å². The summed E-state index contributed by atoms with van der Waals surface area (Å²) in [4.78, 5) is 23.5. The number of hydrogen-bond donors (Lipinski definition) is 2. The van der Waals surface area contributed by atoms with E-state index in [-0.39, 0.29) is 11.7 Å². The van der Waals surface area contributed by atoms with Crippen molar-refractivity contribution in [1.82, 2.24) is 15.4 Å². The summed E-state index contributed by atoms with van der Waals surface area (Å²) in [7, 11) is 1.75. The topological polar surface area (TPSA) is 76.3 Å². The van der Waals surface area contributed by atoms with Crippen LogP contribution in [0.1, 0.15) is 33.7 Å². The lowest BCUT2D eigenvalue weighted by atomic mass is 10.3. The molecule has 0 aliphatic heterocycles. The molecular weight excluding hydrogens is 246 g/mol. The highest BCUT2D eigenvalue weighted by atomic mass is 16.4. The number of carbonyl (C=O) groups excluding carboxylic acids is 2. The van der Waals surface area contributed by atoms with Gasteiger partial charge in [-0.05, 0) is 24.3 Å². The van der Waals surface area contributed by atoms with Gasteiger partial charge in [-0.3, -0.25) is 20.4 Å². The molecule has 2 aromatic heterocycles. The summed E-state index contributed by atoms with van der Waals surface area (Å²) in [5.41, 5.74) is 5.09. The van der Waals surface area contributed by atoms with Gasteiger partial charge in [-0.1, -0.05) is 6.92 Å². The highest BCUT2D eigenvalue weighted by molar-refractivity contribution is 5.97. The van der Waals surface area contributed by atoms with Crippen LogP contribution in [0.4, 0.5) is 0 Å². The third-order valence-electron chi connectivity index (χ3n) is 2.70. The van der Waals surface area contributed by atoms with Crippen molar-refractivity contribution in [3.8, 4) is 0 Å². The molecule has 0 aliphatic rings. The van der Waals surface area contributed by atoms with Gasteiger partial charge in [0.15, 0.2) is 5.76 Å². The molecular formula is C13H15N3O3. The number of hydrazine groups is 1. The van der Waals surface area contributed by atoms with E-state index < -0.39 is 5.91 Å². The Hall–Kier alpha value is -2.50. The summed E-state index contributed by atoms with van der Waals surface area (Å²) in [5.74, 6) is 0.0216. The maximum Gasteiger partial charge on any atom is 0.305 e. The highest BCUT2D eigenvalue weighted by Gasteiger charge is 2.13. The van der Waals surface area contributed by atoms with E-state index in [1.54, 1.807) is 42.1 Å². The molecule has 6 nitrogen and oxygen atoms in total. The summed E-state index contributed by atoms with van der Waals surface area (Å²) >= 11 is 0. The standard InChI is InChI=1S/C13H15N3O3/c1-3-9-6-7-11(19-9)13(18)15-14-12(17)10-5-4-8-16(10)2/h4-8H,3H2,1-2H3,(H,14,17)(H,15,18). The molecule has 0 aliphatic carbocycles. The zero-order valence-corrected chi connectivity index (χ0v) is 10.8. The molecule has 2 amide bonds. The Morgan fingerprint density at radius 1 is 1.21 bits per heavy atom. The lowest BCUT2D eigenvalue weighted by molar-refractivity contribution is 0.0826. The molecule has 0 saturated heterocycles. The van der Waals surface area contributed by atoms with Crippen molar-refractivity contribution in [2.24, 2.45) is 7.05 Å². The third kappa shape index (κ3) is 2.85. The van der Waals surface area contributed by atoms with Crippen molar-refractivity contribution in [3.05, 3.63) is 47.7 Å². The molecule has 2 rings (SSSR count). The fourth-order valence-corrected chi connectivity index (χ4v) is 1.63. The van der Waals surface area contributed by atoms with Gasteiger partial charge in [0, 0.05) is 19.7 Å². The zero-order chi connectivity index (χ0) is 13.8. The van der Waals surface area contributed by atoms with Crippen molar-refractivity contribution in [2.75, 3.05) is 0 Å². The van der Waals surface area contributed by atoms with E-state index in [2.05, 4.69) is 10.9 Å². The van der Waals surface area contributed by atoms with Gasteiger partial charge >= 0.3 is 5.91 Å². The molecule has 19 heavy (non-hydrogen) atoms. The quantitative estimate of drug-likeness (QED) is 0.816. The maximum atomic E-state index is 11.7. The summed E-state index contributed by atoms with van der Waals surface area (Å²) < 4.78 is 6.93. The van der Waals surface area contributed by atoms with Crippen molar-refractivity contribution in [2.45, 2.75) is 13.3 Å². The minimum absolute atomic E-state index is 0.170. The van der Waals surface area contributed by atoms with Crippen molar-refractivity contribution >= 4 is 11.8 Å². The zero-order valence-electron chi connectivity index (χ0n) is 10.8. The molecule has 0 atom stereocenters. The number of furan rings is 1. The highest BCUT2D eigenvalue weighted by Crippen LogP contribution is 2.07. The van der Waals surface area contributed by atoms with Crippen LogP contribution in [0.3, 0.4) is 0 Å². The van der Waals surface area contributed by atoms with Crippen molar-refractivity contribution < 1.29 is 14.0 Å². The Morgan fingerprint density at radius 3 is 2.53 bits per heavy atom. The monoisotopic (exact) mass is 261 g/mol. The molecule has 0 fully saturated rings. The van der Waals surface area contributed by atoms with Gasteiger partial charge < -0.3 is 8.98 Å². The molecule has 0 aromatic carbocycles. The maximum absolute atomic E-state index is 11.7. The smallest absolute Gasteiger partial charge is 0.305 e. The molecule has 0 saturated carbocycles. The summed E-state index contributed by atoms with van der Waals surface area (Å²) in [6.45, 7) is 1.93. The van der Waals surface area contributed by atoms with Crippen LogP contribution in [0.15, 0.2) is 34.9 Å². The Bertz CT molecular complexity index is 598. The van der Waals surface area contributed by atoms with Crippen molar-refractivity contribution in [1.29, 1.82) is 0 Å². The average molecular weight is 261 g/mol. The number of carbonyl (C=O) groups is 2. The lowest BCUT2D eigenvalue weighted by Crippen LogP contribution is -2.42. The molecule has 2 N–H and O–H groups in total. The molecule has 2 aromatic rings. The van der Waals surface area contributed by atoms with Crippen LogP contribution in [-0.4, -0.2) is 16.4 Å². The predicted octanol–water partition coefficient (Wildman–Crippen LogP) is 1.26. The summed E-state index contributed by atoms with van der Waals surface area (Å²) in [6.07, 6.45) is 2.46. The SMILES string of the molecule is CCc1ccc(C(=O)NNC(=O)c2cccn2C)o1. The Kier molecular flexibility index (Phi) is 3.70. The van der Waals surface area contributed by atoms with Crippen LogP contribution < -0.4 is 10.9 Å². The number of rotatable bonds is 3. The number of aryl methyl sites for hydroxylation is 2. The normalized spacial score (nSPS) is 10.2. The average Bonchev–Trinajstić information content (AvgIpc) is 3.03. The second-order valence-electron chi connectivity index (χ2n) is 4.03. The first-order chi connectivity index (χ1) is 9.11. The number of aromatic nitrogens is 1. The van der Waals surface area contributed by atoms with Gasteiger partial charge in [-0.2, -0.15) is 0 Å². The van der Waals surface area contributed by atoms with Crippen LogP contribution in [-0.2, 0) is 13.5 Å². The number of nitrogens with zero attached hydrogens (tertiary/aromatic N) is 1. The van der Waals surface area contributed by atoms with Gasteiger partial charge in [-0.25, -0.2) is 0 Å². The van der Waals surface area contributed by atoms with Crippen LogP contribution in [0, 0.1) is 0 Å². The van der Waals surface area contributed by atoms with Crippen molar-refractivity contribution in [3.63, 3.8) is 0 Å². The van der Waals surface area contributed by atoms with Crippen LogP contribution in [0.25, 0.3) is 0 Å². The first-order valence-corrected chi connectivity index (χ1v) is 5.92.